The van der Waals surface area contributed by atoms with Crippen molar-refractivity contribution < 1.29 is 29.3 Å². The molecule has 0 unspecified atom stereocenters. The molecule has 3 heterocycles. The third-order valence-electron chi connectivity index (χ3n) is 8.32. The number of fused-ring (bicyclic) bond motifs is 1. The standard InChI is InChI=1S/C32H39N5O6/c1-2-3-12-37(24-7-4-6-21(13-24)16-33)29(39)18-36-17-25(22-14-23(19-38)31-27(15-22)42-20-43-31)30(32(40)41)26(36)8-9-28-34-10-5-11-35-28/h4-7,10-11,13-15,25-26,30,38H,2-3,8-9,12,16-20,33H2,1H3,(H,40,41)/t25-,26+,30-/m1/s1. The van der Waals surface area contributed by atoms with Crippen LogP contribution in [-0.2, 0) is 29.2 Å². The second kappa shape index (κ2) is 13.9. The van der Waals surface area contributed by atoms with Gasteiger partial charge in [-0.25, -0.2) is 9.97 Å². The van der Waals surface area contributed by atoms with Gasteiger partial charge in [0.1, 0.15) is 5.82 Å². The minimum Gasteiger partial charge on any atom is -0.481 e. The maximum Gasteiger partial charge on any atom is 0.308 e. The molecule has 11 heteroatoms. The second-order valence-electron chi connectivity index (χ2n) is 11.0. The molecular weight excluding hydrogens is 550 g/mol. The van der Waals surface area contributed by atoms with Gasteiger partial charge in [-0.2, -0.15) is 0 Å². The van der Waals surface area contributed by atoms with Crippen molar-refractivity contribution in [3.8, 4) is 11.5 Å². The number of hydrogen-bond acceptors (Lipinski definition) is 9. The Morgan fingerprint density at radius 1 is 1.14 bits per heavy atom. The summed E-state index contributed by atoms with van der Waals surface area (Å²) < 4.78 is 11.1. The monoisotopic (exact) mass is 589 g/mol. The number of ether oxygens (including phenoxy) is 2. The van der Waals surface area contributed by atoms with Crippen LogP contribution in [-0.4, -0.2) is 69.4 Å². The van der Waals surface area contributed by atoms with E-state index >= 15 is 0 Å². The molecule has 0 saturated carbocycles. The summed E-state index contributed by atoms with van der Waals surface area (Å²) >= 11 is 0. The number of hydrogen-bond donors (Lipinski definition) is 3. The zero-order valence-electron chi connectivity index (χ0n) is 24.4. The van der Waals surface area contributed by atoms with E-state index in [1.807, 2.05) is 29.2 Å². The third kappa shape index (κ3) is 6.79. The van der Waals surface area contributed by atoms with Crippen LogP contribution in [0.3, 0.4) is 0 Å². The van der Waals surface area contributed by atoms with Gasteiger partial charge in [0.15, 0.2) is 11.5 Å². The molecule has 1 aromatic heterocycles. The van der Waals surface area contributed by atoms with E-state index in [9.17, 15) is 19.8 Å². The Morgan fingerprint density at radius 3 is 2.67 bits per heavy atom. The molecular formula is C32H39N5O6. The number of nitrogens with two attached hydrogens (primary N) is 1. The Hall–Kier alpha value is -4.06. The number of likely N-dealkylation sites (tertiary alicyclic amines) is 1. The van der Waals surface area contributed by atoms with Crippen LogP contribution in [0, 0.1) is 5.92 Å². The molecule has 0 bridgehead atoms. The Kier molecular flexibility index (Phi) is 9.86. The van der Waals surface area contributed by atoms with E-state index in [4.69, 9.17) is 15.2 Å². The highest BCUT2D eigenvalue weighted by atomic mass is 16.7. The number of carbonyl (C=O) groups excluding carboxylic acids is 1. The van der Waals surface area contributed by atoms with Gasteiger partial charge in [-0.3, -0.25) is 14.5 Å². The number of carboxylic acid groups (broad SMARTS) is 1. The molecule has 5 rings (SSSR count). The van der Waals surface area contributed by atoms with Crippen molar-refractivity contribution in [2.24, 2.45) is 11.7 Å². The molecule has 11 nitrogen and oxygen atoms in total. The molecule has 1 saturated heterocycles. The average molecular weight is 590 g/mol. The second-order valence-corrected chi connectivity index (χ2v) is 11.0. The number of aliphatic carboxylic acids is 1. The van der Waals surface area contributed by atoms with Crippen molar-refractivity contribution in [2.45, 2.75) is 57.7 Å². The molecule has 3 atom stereocenters. The van der Waals surface area contributed by atoms with E-state index in [-0.39, 0.29) is 25.9 Å². The molecule has 4 N–H and O–H groups in total. The summed E-state index contributed by atoms with van der Waals surface area (Å²) in [6.07, 6.45) is 6.01. The summed E-state index contributed by atoms with van der Waals surface area (Å²) in [6, 6.07) is 12.6. The van der Waals surface area contributed by atoms with Gasteiger partial charge in [0.25, 0.3) is 0 Å². The average Bonchev–Trinajstić information content (AvgIpc) is 3.65. The first kappa shape index (κ1) is 30.4. The van der Waals surface area contributed by atoms with Crippen LogP contribution in [0.5, 0.6) is 11.5 Å². The first-order chi connectivity index (χ1) is 20.9. The van der Waals surface area contributed by atoms with Gasteiger partial charge in [0.2, 0.25) is 12.7 Å². The van der Waals surface area contributed by atoms with E-state index in [1.165, 1.54) is 0 Å². The molecule has 1 amide bonds. The highest BCUT2D eigenvalue weighted by Crippen LogP contribution is 2.44. The number of aliphatic hydroxyl groups excluding tert-OH is 1. The number of carboxylic acids is 1. The molecule has 3 aromatic rings. The van der Waals surface area contributed by atoms with Gasteiger partial charge in [-0.05, 0) is 54.3 Å². The fourth-order valence-electron chi connectivity index (χ4n) is 6.19. The quantitative estimate of drug-likeness (QED) is 0.271. The van der Waals surface area contributed by atoms with Crippen molar-refractivity contribution in [1.82, 2.24) is 14.9 Å². The minimum atomic E-state index is -0.944. The lowest BCUT2D eigenvalue weighted by atomic mass is 9.83. The van der Waals surface area contributed by atoms with Crippen LogP contribution in [0.25, 0.3) is 0 Å². The van der Waals surface area contributed by atoms with Crippen LogP contribution >= 0.6 is 0 Å². The maximum atomic E-state index is 14.0. The number of unbranched alkanes of at least 4 members (excludes halogenated alkanes) is 1. The smallest absolute Gasteiger partial charge is 0.308 e. The van der Waals surface area contributed by atoms with Gasteiger partial charge >= 0.3 is 5.97 Å². The molecule has 0 spiro atoms. The lowest BCUT2D eigenvalue weighted by Crippen LogP contribution is -2.44. The summed E-state index contributed by atoms with van der Waals surface area (Å²) in [7, 11) is 0. The summed E-state index contributed by atoms with van der Waals surface area (Å²) in [5, 5.41) is 20.6. The molecule has 2 aromatic carbocycles. The lowest BCUT2D eigenvalue weighted by molar-refractivity contribution is -0.143. The molecule has 228 valence electrons. The third-order valence-corrected chi connectivity index (χ3v) is 8.32. The Bertz CT molecular complexity index is 1420. The molecule has 2 aliphatic rings. The SMILES string of the molecule is CCCCN(C(=O)CN1C[C@H](c2cc(CO)c3c(c2)OCO3)[C@@H](C(=O)O)[C@@H]1CCc1ncccn1)c1cccc(CN)c1. The van der Waals surface area contributed by atoms with E-state index in [0.717, 1.165) is 29.7 Å². The highest BCUT2D eigenvalue weighted by molar-refractivity contribution is 5.95. The number of amides is 1. The zero-order chi connectivity index (χ0) is 30.3. The van der Waals surface area contributed by atoms with Crippen LogP contribution in [0.15, 0.2) is 54.9 Å². The van der Waals surface area contributed by atoms with E-state index in [1.54, 1.807) is 35.5 Å². The van der Waals surface area contributed by atoms with Gasteiger partial charge in [0.05, 0.1) is 19.1 Å². The Morgan fingerprint density at radius 2 is 1.95 bits per heavy atom. The van der Waals surface area contributed by atoms with Crippen molar-refractivity contribution in [3.05, 3.63) is 77.4 Å². The van der Waals surface area contributed by atoms with Crippen LogP contribution in [0.1, 0.15) is 54.6 Å². The summed E-state index contributed by atoms with van der Waals surface area (Å²) in [5.41, 5.74) is 8.88. The number of aliphatic hydroxyl groups is 1. The van der Waals surface area contributed by atoms with Gasteiger partial charge in [-0.15, -0.1) is 0 Å². The summed E-state index contributed by atoms with van der Waals surface area (Å²) in [5.74, 6) is -0.720. The summed E-state index contributed by atoms with van der Waals surface area (Å²) in [6.45, 7) is 3.16. The van der Waals surface area contributed by atoms with Crippen LogP contribution in [0.4, 0.5) is 5.69 Å². The van der Waals surface area contributed by atoms with E-state index in [2.05, 4.69) is 16.9 Å². The normalized spacial score (nSPS) is 19.5. The molecule has 0 aliphatic carbocycles. The van der Waals surface area contributed by atoms with Crippen molar-refractivity contribution in [2.75, 3.05) is 31.3 Å². The predicted octanol–water partition coefficient (Wildman–Crippen LogP) is 3.09. The van der Waals surface area contributed by atoms with E-state index < -0.39 is 23.8 Å². The van der Waals surface area contributed by atoms with Crippen molar-refractivity contribution in [3.63, 3.8) is 0 Å². The highest BCUT2D eigenvalue weighted by Gasteiger charge is 2.47. The maximum absolute atomic E-state index is 14.0. The molecule has 0 radical (unpaired) electrons. The topological polar surface area (TPSA) is 151 Å². The van der Waals surface area contributed by atoms with Crippen LogP contribution < -0.4 is 20.1 Å². The first-order valence-corrected chi connectivity index (χ1v) is 14.8. The summed E-state index contributed by atoms with van der Waals surface area (Å²) in [4.78, 5) is 39.4. The number of nitrogens with zero attached hydrogens (tertiary/aromatic N) is 4. The number of aromatic nitrogens is 2. The number of rotatable bonds is 13. The number of anilines is 1. The lowest BCUT2D eigenvalue weighted by Gasteiger charge is -2.30. The Balaban J connectivity index is 1.47. The van der Waals surface area contributed by atoms with Gasteiger partial charge < -0.3 is 30.3 Å². The molecule has 1 fully saturated rings. The van der Waals surface area contributed by atoms with Crippen LogP contribution in [0.2, 0.25) is 0 Å². The number of carbonyl (C=O) groups is 2. The minimum absolute atomic E-state index is 0.0398. The van der Waals surface area contributed by atoms with Crippen molar-refractivity contribution in [1.29, 1.82) is 0 Å². The zero-order valence-corrected chi connectivity index (χ0v) is 24.4. The Labute approximate surface area is 251 Å². The number of benzene rings is 2. The molecule has 2 aliphatic heterocycles. The predicted molar refractivity (Wildman–Crippen MR) is 160 cm³/mol. The fourth-order valence-corrected chi connectivity index (χ4v) is 6.19. The van der Waals surface area contributed by atoms with Crippen molar-refractivity contribution >= 4 is 17.6 Å². The van der Waals surface area contributed by atoms with Gasteiger partial charge in [0, 0.05) is 61.7 Å². The molecule has 43 heavy (non-hydrogen) atoms. The first-order valence-electron chi connectivity index (χ1n) is 14.8. The number of aryl methyl sites for hydroxylation is 1. The van der Waals surface area contributed by atoms with E-state index in [0.29, 0.717) is 55.4 Å². The largest absolute Gasteiger partial charge is 0.481 e. The fraction of sp³-hybridized carbons (Fsp3) is 0.438. The van der Waals surface area contributed by atoms with Gasteiger partial charge in [-0.1, -0.05) is 25.5 Å².